The molecule has 1 N–H and O–H groups in total. The highest BCUT2D eigenvalue weighted by Crippen LogP contribution is 2.26. The van der Waals surface area contributed by atoms with Crippen molar-refractivity contribution in [1.29, 1.82) is 0 Å². The van der Waals surface area contributed by atoms with E-state index in [1.54, 1.807) is 0 Å². The molecule has 2 fully saturated rings. The van der Waals surface area contributed by atoms with E-state index in [1.165, 1.54) is 12.8 Å². The number of morpholine rings is 1. The lowest BCUT2D eigenvalue weighted by atomic mass is 9.90. The Hall–Kier alpha value is -0.540. The largest absolute Gasteiger partial charge is 0.386 e. The predicted octanol–water partition coefficient (Wildman–Crippen LogP) is 0.971. The molecule has 2 aliphatic rings. The summed E-state index contributed by atoms with van der Waals surface area (Å²) in [6.45, 7) is 7.72. The fourth-order valence-corrected chi connectivity index (χ4v) is 2.56. The normalized spacial score (nSPS) is 38.0. The fourth-order valence-electron chi connectivity index (χ4n) is 2.56. The van der Waals surface area contributed by atoms with Crippen molar-refractivity contribution in [3.63, 3.8) is 0 Å². The first-order valence-electron chi connectivity index (χ1n) is 5.38. The van der Waals surface area contributed by atoms with E-state index in [2.05, 4.69) is 23.8 Å². The van der Waals surface area contributed by atoms with Gasteiger partial charge in [0, 0.05) is 23.8 Å². The summed E-state index contributed by atoms with van der Waals surface area (Å²) in [5.74, 6) is 0. The van der Waals surface area contributed by atoms with Crippen molar-refractivity contribution in [2.45, 2.75) is 37.9 Å². The topological polar surface area (TPSA) is 24.5 Å². The van der Waals surface area contributed by atoms with Crippen molar-refractivity contribution in [3.05, 3.63) is 12.3 Å². The minimum absolute atomic E-state index is 0.597. The number of ether oxygens (including phenoxy) is 1. The van der Waals surface area contributed by atoms with Gasteiger partial charge in [0.15, 0.2) is 0 Å². The Labute approximate surface area is 86.1 Å². The molecule has 2 aliphatic heterocycles. The highest BCUT2D eigenvalue weighted by Gasteiger charge is 2.36. The zero-order chi connectivity index (χ0) is 10.1. The summed E-state index contributed by atoms with van der Waals surface area (Å²) in [7, 11) is 2.22. The third-order valence-electron chi connectivity index (χ3n) is 3.34. The van der Waals surface area contributed by atoms with Gasteiger partial charge in [-0.05, 0) is 26.8 Å². The highest BCUT2D eigenvalue weighted by molar-refractivity contribution is 4.97. The van der Waals surface area contributed by atoms with Crippen LogP contribution in [0.25, 0.3) is 0 Å². The molecule has 0 amide bonds. The first-order chi connectivity index (χ1) is 6.66. The second kappa shape index (κ2) is 3.91. The summed E-state index contributed by atoms with van der Waals surface area (Å²) in [4.78, 5) is 2.47. The Balaban J connectivity index is 1.97. The average Bonchev–Trinajstić information content (AvgIpc) is 2.05. The molecule has 3 heteroatoms. The van der Waals surface area contributed by atoms with Gasteiger partial charge < -0.3 is 10.1 Å². The predicted molar refractivity (Wildman–Crippen MR) is 57.1 cm³/mol. The van der Waals surface area contributed by atoms with Crippen molar-refractivity contribution in [2.24, 2.45) is 0 Å². The smallest absolute Gasteiger partial charge is 0.0623 e. The molecule has 2 unspecified atom stereocenters. The quantitative estimate of drug-likeness (QED) is 0.712. The van der Waals surface area contributed by atoms with Crippen LogP contribution < -0.4 is 5.32 Å². The molecule has 0 radical (unpaired) electrons. The van der Waals surface area contributed by atoms with Crippen molar-refractivity contribution < 1.29 is 4.74 Å². The Morgan fingerprint density at radius 2 is 1.93 bits per heavy atom. The second-order valence-corrected chi connectivity index (χ2v) is 4.60. The standard InChI is InChI=1S/C11H20N2O/c1-8(2)12-9-4-10-6-14-7-11(5-9)13(10)3/h9-12H,1,4-7H2,2-3H3. The third kappa shape index (κ3) is 1.93. The van der Waals surface area contributed by atoms with Gasteiger partial charge in [-0.25, -0.2) is 0 Å². The Bertz CT molecular complexity index is 215. The van der Waals surface area contributed by atoms with E-state index in [-0.39, 0.29) is 0 Å². The van der Waals surface area contributed by atoms with Gasteiger partial charge in [-0.15, -0.1) is 0 Å². The minimum Gasteiger partial charge on any atom is -0.386 e. The van der Waals surface area contributed by atoms with E-state index >= 15 is 0 Å². The molecule has 2 rings (SSSR count). The van der Waals surface area contributed by atoms with Crippen LogP contribution in [0.15, 0.2) is 12.3 Å². The summed E-state index contributed by atoms with van der Waals surface area (Å²) in [6.07, 6.45) is 2.36. The van der Waals surface area contributed by atoms with Crippen LogP contribution in [0.1, 0.15) is 19.8 Å². The number of allylic oxidation sites excluding steroid dienone is 1. The third-order valence-corrected chi connectivity index (χ3v) is 3.34. The molecule has 0 saturated carbocycles. The number of piperidine rings is 1. The summed E-state index contributed by atoms with van der Waals surface area (Å²) in [6, 6.07) is 1.79. The van der Waals surface area contributed by atoms with Gasteiger partial charge in [0.1, 0.15) is 0 Å². The molecule has 14 heavy (non-hydrogen) atoms. The Morgan fingerprint density at radius 3 is 2.43 bits per heavy atom. The average molecular weight is 196 g/mol. The molecule has 2 bridgehead atoms. The molecule has 2 heterocycles. The van der Waals surface area contributed by atoms with Gasteiger partial charge in [-0.3, -0.25) is 4.90 Å². The monoisotopic (exact) mass is 196 g/mol. The minimum atomic E-state index is 0.597. The Kier molecular flexibility index (Phi) is 2.79. The van der Waals surface area contributed by atoms with Gasteiger partial charge in [-0.2, -0.15) is 0 Å². The molecule has 0 aromatic heterocycles. The van der Waals surface area contributed by atoms with Crippen LogP contribution in [0.2, 0.25) is 0 Å². The van der Waals surface area contributed by atoms with Crippen molar-refractivity contribution in [1.82, 2.24) is 10.2 Å². The molecule has 0 aromatic rings. The van der Waals surface area contributed by atoms with E-state index in [0.29, 0.717) is 18.1 Å². The summed E-state index contributed by atoms with van der Waals surface area (Å²) in [5, 5.41) is 3.45. The van der Waals surface area contributed by atoms with Gasteiger partial charge in [0.25, 0.3) is 0 Å². The van der Waals surface area contributed by atoms with E-state index in [9.17, 15) is 0 Å². The van der Waals surface area contributed by atoms with Gasteiger partial charge in [0.2, 0.25) is 0 Å². The number of hydrogen-bond acceptors (Lipinski definition) is 3. The maximum atomic E-state index is 5.57. The second-order valence-electron chi connectivity index (χ2n) is 4.60. The van der Waals surface area contributed by atoms with Crippen molar-refractivity contribution in [2.75, 3.05) is 20.3 Å². The lowest BCUT2D eigenvalue weighted by Crippen LogP contribution is -2.58. The zero-order valence-electron chi connectivity index (χ0n) is 9.12. The Morgan fingerprint density at radius 1 is 1.36 bits per heavy atom. The lowest BCUT2D eigenvalue weighted by Gasteiger charge is -2.47. The zero-order valence-corrected chi connectivity index (χ0v) is 9.12. The summed E-state index contributed by atoms with van der Waals surface area (Å²) in [5.41, 5.74) is 1.08. The van der Waals surface area contributed by atoms with Crippen LogP contribution in [0.3, 0.4) is 0 Å². The molecule has 3 nitrogen and oxygen atoms in total. The molecule has 0 aliphatic carbocycles. The van der Waals surface area contributed by atoms with E-state index < -0.39 is 0 Å². The van der Waals surface area contributed by atoms with E-state index in [0.717, 1.165) is 18.9 Å². The van der Waals surface area contributed by atoms with E-state index in [4.69, 9.17) is 4.74 Å². The number of rotatable bonds is 2. The number of likely N-dealkylation sites (N-methyl/N-ethyl adjacent to an activating group) is 1. The van der Waals surface area contributed by atoms with Crippen LogP contribution in [0, 0.1) is 0 Å². The maximum Gasteiger partial charge on any atom is 0.0623 e. The molecule has 80 valence electrons. The van der Waals surface area contributed by atoms with Crippen LogP contribution in [0.5, 0.6) is 0 Å². The van der Waals surface area contributed by atoms with Crippen LogP contribution in [0.4, 0.5) is 0 Å². The first-order valence-corrected chi connectivity index (χ1v) is 5.38. The van der Waals surface area contributed by atoms with Gasteiger partial charge in [-0.1, -0.05) is 6.58 Å². The molecule has 2 atom stereocenters. The molecular weight excluding hydrogens is 176 g/mol. The van der Waals surface area contributed by atoms with Crippen LogP contribution in [-0.4, -0.2) is 43.3 Å². The highest BCUT2D eigenvalue weighted by atomic mass is 16.5. The van der Waals surface area contributed by atoms with E-state index in [1.807, 2.05) is 6.92 Å². The number of fused-ring (bicyclic) bond motifs is 2. The van der Waals surface area contributed by atoms with Crippen LogP contribution >= 0.6 is 0 Å². The summed E-state index contributed by atoms with van der Waals surface area (Å²) < 4.78 is 5.57. The number of nitrogens with zero attached hydrogens (tertiary/aromatic N) is 1. The SMILES string of the molecule is C=C(C)NC1CC2COCC(C1)N2C. The molecule has 0 spiro atoms. The molecular formula is C11H20N2O. The number of hydrogen-bond donors (Lipinski definition) is 1. The van der Waals surface area contributed by atoms with Crippen molar-refractivity contribution >= 4 is 0 Å². The van der Waals surface area contributed by atoms with Gasteiger partial charge >= 0.3 is 0 Å². The van der Waals surface area contributed by atoms with Crippen LogP contribution in [-0.2, 0) is 4.74 Å². The number of nitrogens with one attached hydrogen (secondary N) is 1. The molecule has 2 saturated heterocycles. The fraction of sp³-hybridized carbons (Fsp3) is 0.818. The van der Waals surface area contributed by atoms with Gasteiger partial charge in [0.05, 0.1) is 13.2 Å². The van der Waals surface area contributed by atoms with Crippen molar-refractivity contribution in [3.8, 4) is 0 Å². The maximum absolute atomic E-state index is 5.57. The summed E-state index contributed by atoms with van der Waals surface area (Å²) >= 11 is 0. The molecule has 0 aromatic carbocycles. The first kappa shape index (κ1) is 9.99. The lowest BCUT2D eigenvalue weighted by molar-refractivity contribution is -0.0670.